The molecule has 1 atom stereocenters. The molecule has 1 aliphatic rings. The quantitative estimate of drug-likeness (QED) is 0.849. The number of nitrogens with one attached hydrogen (secondary N) is 1. The summed E-state index contributed by atoms with van der Waals surface area (Å²) in [7, 11) is 0. The minimum absolute atomic E-state index is 0.292. The summed E-state index contributed by atoms with van der Waals surface area (Å²) >= 11 is 3.33. The highest BCUT2D eigenvalue weighted by molar-refractivity contribution is 9.10. The van der Waals surface area contributed by atoms with Crippen LogP contribution < -0.4 is 5.32 Å². The lowest BCUT2D eigenvalue weighted by atomic mass is 10.2. The van der Waals surface area contributed by atoms with Crippen molar-refractivity contribution in [1.29, 1.82) is 0 Å². The Morgan fingerprint density at radius 1 is 1.47 bits per heavy atom. The monoisotopic (exact) mass is 268 g/mol. The Labute approximate surface area is 95.2 Å². The Morgan fingerprint density at radius 2 is 2.13 bits per heavy atom. The van der Waals surface area contributed by atoms with Gasteiger partial charge in [-0.05, 0) is 12.1 Å². The lowest BCUT2D eigenvalue weighted by Gasteiger charge is -2.06. The van der Waals surface area contributed by atoms with E-state index in [1.807, 2.05) is 24.3 Å². The summed E-state index contributed by atoms with van der Waals surface area (Å²) in [5.41, 5.74) is 0.905. The van der Waals surface area contributed by atoms with Crippen LogP contribution in [0.2, 0.25) is 0 Å². The third kappa shape index (κ3) is 2.18. The fraction of sp³-hybridized carbons (Fsp3) is 0.200. The number of carboxylic acids is 1. The fourth-order valence-electron chi connectivity index (χ4n) is 1.36. The fourth-order valence-corrected chi connectivity index (χ4v) is 1.63. The molecular formula is C10H9BrN2O2. The Kier molecular flexibility index (Phi) is 2.73. The lowest BCUT2D eigenvalue weighted by Crippen LogP contribution is -2.37. The van der Waals surface area contributed by atoms with Crippen LogP contribution in [-0.4, -0.2) is 29.5 Å². The summed E-state index contributed by atoms with van der Waals surface area (Å²) in [6, 6.07) is 6.98. The van der Waals surface area contributed by atoms with E-state index in [4.69, 9.17) is 5.11 Å². The summed E-state index contributed by atoms with van der Waals surface area (Å²) in [4.78, 5) is 14.8. The number of halogens is 1. The first kappa shape index (κ1) is 10.2. The topological polar surface area (TPSA) is 61.7 Å². The zero-order valence-corrected chi connectivity index (χ0v) is 9.36. The van der Waals surface area contributed by atoms with E-state index >= 15 is 0 Å². The molecule has 0 fully saturated rings. The van der Waals surface area contributed by atoms with Gasteiger partial charge in [-0.3, -0.25) is 4.99 Å². The maximum Gasteiger partial charge on any atom is 0.328 e. The number of aliphatic carboxylic acids is 1. The molecule has 4 nitrogen and oxygen atoms in total. The first-order chi connectivity index (χ1) is 7.16. The number of carboxylic acid groups (broad SMARTS) is 1. The predicted octanol–water partition coefficient (Wildman–Crippen LogP) is 1.25. The van der Waals surface area contributed by atoms with Crippen molar-refractivity contribution >= 4 is 27.7 Å². The van der Waals surface area contributed by atoms with Crippen LogP contribution in [0, 0.1) is 0 Å². The van der Waals surface area contributed by atoms with Gasteiger partial charge < -0.3 is 10.4 Å². The minimum Gasteiger partial charge on any atom is -0.480 e. The highest BCUT2D eigenvalue weighted by Crippen LogP contribution is 2.12. The van der Waals surface area contributed by atoms with Gasteiger partial charge in [0.15, 0.2) is 0 Å². The van der Waals surface area contributed by atoms with Crippen molar-refractivity contribution in [2.45, 2.75) is 6.04 Å². The SMILES string of the molecule is O=C(O)C1CN=C(c2ccc(Br)cc2)N1. The highest BCUT2D eigenvalue weighted by atomic mass is 79.9. The van der Waals surface area contributed by atoms with E-state index in [2.05, 4.69) is 26.2 Å². The second-order valence-corrected chi connectivity index (χ2v) is 4.15. The molecule has 5 heteroatoms. The van der Waals surface area contributed by atoms with Crippen molar-refractivity contribution in [3.63, 3.8) is 0 Å². The average molecular weight is 269 g/mol. The molecule has 1 aromatic carbocycles. The van der Waals surface area contributed by atoms with E-state index < -0.39 is 12.0 Å². The van der Waals surface area contributed by atoms with Crippen LogP contribution >= 0.6 is 15.9 Å². The second kappa shape index (κ2) is 4.02. The molecule has 0 saturated carbocycles. The smallest absolute Gasteiger partial charge is 0.328 e. The van der Waals surface area contributed by atoms with Gasteiger partial charge in [0.2, 0.25) is 0 Å². The van der Waals surface area contributed by atoms with Crippen molar-refractivity contribution in [3.8, 4) is 0 Å². The standard InChI is InChI=1S/C10H9BrN2O2/c11-7-3-1-6(2-4-7)9-12-5-8(13-9)10(14)15/h1-4,8H,5H2,(H,12,13)(H,14,15). The third-order valence-corrected chi connectivity index (χ3v) is 2.69. The molecule has 0 bridgehead atoms. The Morgan fingerprint density at radius 3 is 2.67 bits per heavy atom. The molecule has 0 amide bonds. The van der Waals surface area contributed by atoms with Crippen molar-refractivity contribution in [2.24, 2.45) is 4.99 Å². The molecule has 0 radical (unpaired) electrons. The van der Waals surface area contributed by atoms with Crippen molar-refractivity contribution in [3.05, 3.63) is 34.3 Å². The predicted molar refractivity (Wildman–Crippen MR) is 60.1 cm³/mol. The van der Waals surface area contributed by atoms with Crippen LogP contribution in [0.1, 0.15) is 5.56 Å². The molecule has 78 valence electrons. The molecule has 0 aromatic heterocycles. The number of rotatable bonds is 2. The van der Waals surface area contributed by atoms with Crippen LogP contribution in [0.5, 0.6) is 0 Å². The molecule has 1 aromatic rings. The first-order valence-electron chi connectivity index (χ1n) is 4.46. The van der Waals surface area contributed by atoms with Gasteiger partial charge in [-0.2, -0.15) is 0 Å². The minimum atomic E-state index is -0.870. The zero-order valence-electron chi connectivity index (χ0n) is 7.77. The second-order valence-electron chi connectivity index (χ2n) is 3.23. The van der Waals surface area contributed by atoms with Crippen LogP contribution in [0.15, 0.2) is 33.7 Å². The van der Waals surface area contributed by atoms with Gasteiger partial charge in [0.05, 0.1) is 6.54 Å². The number of aliphatic imine (C=N–C) groups is 1. The van der Waals surface area contributed by atoms with Gasteiger partial charge >= 0.3 is 5.97 Å². The summed E-state index contributed by atoms with van der Waals surface area (Å²) < 4.78 is 0.986. The number of nitrogens with zero attached hydrogens (tertiary/aromatic N) is 1. The molecule has 0 spiro atoms. The normalized spacial score (nSPS) is 19.5. The van der Waals surface area contributed by atoms with E-state index in [0.717, 1.165) is 10.0 Å². The van der Waals surface area contributed by atoms with Gasteiger partial charge in [0.1, 0.15) is 11.9 Å². The average Bonchev–Trinajstić information content (AvgIpc) is 2.68. The third-order valence-electron chi connectivity index (χ3n) is 2.16. The highest BCUT2D eigenvalue weighted by Gasteiger charge is 2.24. The molecule has 0 saturated heterocycles. The number of carbonyl (C=O) groups is 1. The number of hydrogen-bond acceptors (Lipinski definition) is 3. The largest absolute Gasteiger partial charge is 0.480 e. The molecular weight excluding hydrogens is 260 g/mol. The maximum absolute atomic E-state index is 10.7. The van der Waals surface area contributed by atoms with Crippen LogP contribution in [0.3, 0.4) is 0 Å². The summed E-state index contributed by atoms with van der Waals surface area (Å²) in [5, 5.41) is 11.6. The summed E-state index contributed by atoms with van der Waals surface area (Å²) in [6.07, 6.45) is 0. The molecule has 0 aliphatic carbocycles. The summed E-state index contributed by atoms with van der Waals surface area (Å²) in [6.45, 7) is 0.292. The maximum atomic E-state index is 10.7. The molecule has 2 rings (SSSR count). The Bertz CT molecular complexity index is 414. The van der Waals surface area contributed by atoms with Gasteiger partial charge in [0, 0.05) is 10.0 Å². The van der Waals surface area contributed by atoms with Gasteiger partial charge in [-0.25, -0.2) is 4.79 Å². The van der Waals surface area contributed by atoms with E-state index in [0.29, 0.717) is 12.4 Å². The van der Waals surface area contributed by atoms with Crippen LogP contribution in [-0.2, 0) is 4.79 Å². The molecule has 15 heavy (non-hydrogen) atoms. The van der Waals surface area contributed by atoms with Crippen molar-refractivity contribution < 1.29 is 9.90 Å². The summed E-state index contributed by atoms with van der Waals surface area (Å²) in [5.74, 6) is -0.222. The van der Waals surface area contributed by atoms with Crippen molar-refractivity contribution in [2.75, 3.05) is 6.54 Å². The number of benzene rings is 1. The van der Waals surface area contributed by atoms with Gasteiger partial charge in [-0.1, -0.05) is 28.1 Å². The van der Waals surface area contributed by atoms with E-state index in [1.165, 1.54) is 0 Å². The lowest BCUT2D eigenvalue weighted by molar-refractivity contribution is -0.138. The zero-order chi connectivity index (χ0) is 10.8. The Hall–Kier alpha value is -1.36. The van der Waals surface area contributed by atoms with Gasteiger partial charge in [-0.15, -0.1) is 0 Å². The van der Waals surface area contributed by atoms with Gasteiger partial charge in [0.25, 0.3) is 0 Å². The van der Waals surface area contributed by atoms with Crippen molar-refractivity contribution in [1.82, 2.24) is 5.32 Å². The molecule has 2 N–H and O–H groups in total. The van der Waals surface area contributed by atoms with E-state index in [-0.39, 0.29) is 0 Å². The molecule has 1 unspecified atom stereocenters. The molecule has 1 heterocycles. The van der Waals surface area contributed by atoms with Crippen LogP contribution in [0.25, 0.3) is 0 Å². The van der Waals surface area contributed by atoms with Crippen LogP contribution in [0.4, 0.5) is 0 Å². The van der Waals surface area contributed by atoms with E-state index in [1.54, 1.807) is 0 Å². The van der Waals surface area contributed by atoms with E-state index in [9.17, 15) is 4.79 Å². The Balaban J connectivity index is 2.14. The number of amidine groups is 1. The number of hydrogen-bond donors (Lipinski definition) is 2. The molecule has 1 aliphatic heterocycles. The first-order valence-corrected chi connectivity index (χ1v) is 5.26.